The van der Waals surface area contributed by atoms with Crippen LogP contribution < -0.4 is 25.3 Å². The average molecular weight is 1040 g/mol. The second-order valence-electron chi connectivity index (χ2n) is 21.1. The molecule has 370 valence electrons. The number of benzene rings is 3. The Morgan fingerprint density at radius 1 is 1.06 bits per heavy atom. The fourth-order valence-corrected chi connectivity index (χ4v) is 12.4. The highest BCUT2D eigenvalue weighted by Gasteiger charge is 2.53. The molecule has 5 heterocycles. The minimum atomic E-state index is -1.97. The molecule has 2 aliphatic carbocycles. The number of fused-ring (bicyclic) bond motifs is 5. The predicted octanol–water partition coefficient (Wildman–Crippen LogP) is 7.79. The van der Waals surface area contributed by atoms with Gasteiger partial charge in [0.15, 0.2) is 5.67 Å². The number of imidazole rings is 1. The molecule has 4 fully saturated rings. The van der Waals surface area contributed by atoms with E-state index in [-0.39, 0.29) is 37.9 Å². The van der Waals surface area contributed by atoms with Crippen LogP contribution in [-0.2, 0) is 20.9 Å². The third-order valence-electron chi connectivity index (χ3n) is 15.1. The molecule has 4 aliphatic rings. The molecule has 2 saturated carbocycles. The summed E-state index contributed by atoms with van der Waals surface area (Å²) in [6, 6.07) is 17.1. The van der Waals surface area contributed by atoms with Gasteiger partial charge < -0.3 is 30.3 Å². The van der Waals surface area contributed by atoms with Crippen LogP contribution in [0.5, 0.6) is 5.75 Å². The monoisotopic (exact) mass is 1040 g/mol. The smallest absolute Gasteiger partial charge is 0.371 e. The quantitative estimate of drug-likeness (QED) is 0.0635. The summed E-state index contributed by atoms with van der Waals surface area (Å²) in [7, 11) is 0. The van der Waals surface area contributed by atoms with Crippen LogP contribution in [0.2, 0.25) is 0 Å². The van der Waals surface area contributed by atoms with Gasteiger partial charge in [-0.2, -0.15) is 4.40 Å². The topological polar surface area (TPSA) is 166 Å². The molecule has 2 saturated heterocycles. The van der Waals surface area contributed by atoms with Gasteiger partial charge in [-0.15, -0.1) is 11.3 Å². The minimum Gasteiger partial charge on any atom is -0.493 e. The Hall–Kier alpha value is -5.23. The summed E-state index contributed by atoms with van der Waals surface area (Å²) in [4.78, 5) is 66.7. The fourth-order valence-electron chi connectivity index (χ4n) is 11.0. The van der Waals surface area contributed by atoms with Crippen LogP contribution in [0, 0.1) is 12.3 Å². The maximum atomic E-state index is 14.7. The Kier molecular flexibility index (Phi) is 13.4. The standard InChI is InChI=1S/C53H62BrFN8O6S/c1-31-45(70-30-57-31)34-13-14-35(28-56-47(65)42-27-37(64)29-61(42)49(67)46(52(2,3)4)58-50(68)53(55)19-20-53)43(26-34)69-24-8-21-60-22-17-32(18-23-60)33-15-16-39-41(25-33)62(36-9-5-6-10-36)51-59-48(66)44-38(54)11-7-12-40(44)63(39)51/h7,11-16,25-26,30,32,36-37,42,46,64H,5-6,8-10,17-24,27-29H2,1-4H3,(H2,56,58,65,68)/p+1/t37-,42+,46-/m1/s1. The number of nitrogens with one attached hydrogen (secondary N) is 3. The van der Waals surface area contributed by atoms with Crippen LogP contribution in [-0.4, -0.2) is 104 Å². The Bertz CT molecular complexity index is 3040. The number of carbonyl (C=O) groups excluding carboxylic acids is 3. The van der Waals surface area contributed by atoms with Gasteiger partial charge in [0, 0.05) is 36.1 Å². The first-order valence-corrected chi connectivity index (χ1v) is 26.6. The molecular weight excluding hydrogens is 976 g/mol. The third kappa shape index (κ3) is 9.50. The highest BCUT2D eigenvalue weighted by molar-refractivity contribution is 9.10. The van der Waals surface area contributed by atoms with Crippen LogP contribution in [0.3, 0.4) is 0 Å². The normalized spacial score (nSPS) is 20.4. The number of aromatic amines is 1. The third-order valence-corrected chi connectivity index (χ3v) is 16.8. The molecule has 70 heavy (non-hydrogen) atoms. The number of H-pyrrole nitrogens is 1. The molecule has 0 unspecified atom stereocenters. The van der Waals surface area contributed by atoms with Crippen molar-refractivity contribution in [2.24, 2.45) is 5.41 Å². The number of rotatable bonds is 14. The molecule has 3 amide bonds. The molecule has 4 N–H and O–H groups in total. The number of halogens is 2. The molecule has 0 spiro atoms. The van der Waals surface area contributed by atoms with Gasteiger partial charge in [-0.25, -0.2) is 18.9 Å². The lowest BCUT2D eigenvalue weighted by Crippen LogP contribution is -2.59. The van der Waals surface area contributed by atoms with Gasteiger partial charge in [0.1, 0.15) is 39.8 Å². The van der Waals surface area contributed by atoms with E-state index >= 15 is 0 Å². The number of hydrogen-bond donors (Lipinski definition) is 4. The van der Waals surface area contributed by atoms with E-state index in [1.807, 2.05) is 48.8 Å². The molecule has 10 rings (SSSR count). The van der Waals surface area contributed by atoms with Gasteiger partial charge in [-0.05, 0) is 147 Å². The zero-order chi connectivity index (χ0) is 49.1. The van der Waals surface area contributed by atoms with Crippen LogP contribution in [0.4, 0.5) is 4.39 Å². The van der Waals surface area contributed by atoms with Crippen molar-refractivity contribution in [1.82, 2.24) is 35.0 Å². The SMILES string of the molecule is Cc1ncsc1-c1ccc(CNC(=O)[C@@H]2C[C@@H](O)CN2C(=O)[C@@H](NC(=O)C2(F)CC2)C(C)(C)C)c(OCCCN2CCC(c3ccc4c(c3)n(C3CCCC3)c3[nH]c(=O)c5c(Br)cccc5[n+]43)CC2)c1. The van der Waals surface area contributed by atoms with E-state index in [0.29, 0.717) is 29.7 Å². The summed E-state index contributed by atoms with van der Waals surface area (Å²) in [5.74, 6) is 0.142. The maximum absolute atomic E-state index is 14.7. The molecule has 3 aromatic heterocycles. The average Bonchev–Trinajstić information content (AvgIpc) is 3.79. The van der Waals surface area contributed by atoms with Crippen LogP contribution in [0.25, 0.3) is 38.2 Å². The Morgan fingerprint density at radius 2 is 1.83 bits per heavy atom. The van der Waals surface area contributed by atoms with E-state index in [1.165, 1.54) is 28.8 Å². The zero-order valence-corrected chi connectivity index (χ0v) is 42.8. The second kappa shape index (κ2) is 19.4. The Labute approximate surface area is 419 Å². The number of carbonyl (C=O) groups is 3. The number of thiazole rings is 1. The lowest BCUT2D eigenvalue weighted by atomic mass is 9.85. The number of alkyl halides is 1. The number of ether oxygens (including phenoxy) is 1. The van der Waals surface area contributed by atoms with Gasteiger partial charge in [-0.3, -0.25) is 19.2 Å². The van der Waals surface area contributed by atoms with E-state index in [4.69, 9.17) is 4.74 Å². The molecule has 0 radical (unpaired) electrons. The number of piperidine rings is 1. The van der Waals surface area contributed by atoms with Gasteiger partial charge in [0.05, 0.1) is 34.8 Å². The number of likely N-dealkylation sites (tertiary alicyclic amines) is 2. The summed E-state index contributed by atoms with van der Waals surface area (Å²) in [5.41, 5.74) is 6.16. The highest BCUT2D eigenvalue weighted by atomic mass is 79.9. The summed E-state index contributed by atoms with van der Waals surface area (Å²) in [6.07, 6.45) is 6.80. The molecule has 0 bridgehead atoms. The molecular formula is C53H63BrFN8O6S+. The van der Waals surface area contributed by atoms with E-state index in [9.17, 15) is 28.7 Å². The van der Waals surface area contributed by atoms with Crippen molar-refractivity contribution in [3.8, 4) is 16.2 Å². The summed E-state index contributed by atoms with van der Waals surface area (Å²) >= 11 is 5.18. The predicted molar refractivity (Wildman–Crippen MR) is 272 cm³/mol. The summed E-state index contributed by atoms with van der Waals surface area (Å²) in [6.45, 7) is 10.7. The van der Waals surface area contributed by atoms with Crippen molar-refractivity contribution < 1.29 is 33.0 Å². The van der Waals surface area contributed by atoms with Crippen LogP contribution >= 0.6 is 27.3 Å². The molecule has 17 heteroatoms. The largest absolute Gasteiger partial charge is 0.493 e. The molecule has 3 aromatic carbocycles. The van der Waals surface area contributed by atoms with Gasteiger partial charge in [0.2, 0.25) is 11.8 Å². The molecule has 14 nitrogen and oxygen atoms in total. The number of aryl methyl sites for hydroxylation is 1. The molecule has 6 aromatic rings. The minimum absolute atomic E-state index is 0.0407. The second-order valence-corrected chi connectivity index (χ2v) is 22.8. The first-order valence-electron chi connectivity index (χ1n) is 24.9. The van der Waals surface area contributed by atoms with E-state index in [1.54, 1.807) is 32.1 Å². The fraction of sp³-hybridized carbons (Fsp3) is 0.509. The number of aliphatic hydroxyl groups excluding tert-OH is 1. The number of aliphatic hydroxyl groups is 1. The van der Waals surface area contributed by atoms with Crippen LogP contribution in [0.1, 0.15) is 114 Å². The number of hydrogen-bond acceptors (Lipinski definition) is 9. The van der Waals surface area contributed by atoms with E-state index in [0.717, 1.165) is 94.7 Å². The number of nitrogens with zero attached hydrogens (tertiary/aromatic N) is 5. The van der Waals surface area contributed by atoms with Gasteiger partial charge in [-0.1, -0.05) is 45.0 Å². The van der Waals surface area contributed by atoms with Crippen LogP contribution in [0.15, 0.2) is 69.4 Å². The van der Waals surface area contributed by atoms with Crippen molar-refractivity contribution >= 4 is 72.7 Å². The van der Waals surface area contributed by atoms with Crippen molar-refractivity contribution in [3.63, 3.8) is 0 Å². The Balaban J connectivity index is 0.788. The number of β-amino-alcohol motifs (C(OH)–C–C–N with tert-alkyl or cyclic N) is 1. The van der Waals surface area contributed by atoms with Crippen molar-refractivity contribution in [2.45, 2.75) is 134 Å². The van der Waals surface area contributed by atoms with Gasteiger partial charge >= 0.3 is 11.3 Å². The van der Waals surface area contributed by atoms with E-state index in [2.05, 4.69) is 68.6 Å². The van der Waals surface area contributed by atoms with E-state index < -0.39 is 47.0 Å². The maximum Gasteiger partial charge on any atom is 0.371 e. The van der Waals surface area contributed by atoms with Crippen molar-refractivity contribution in [1.29, 1.82) is 0 Å². The highest BCUT2D eigenvalue weighted by Crippen LogP contribution is 2.41. The summed E-state index contributed by atoms with van der Waals surface area (Å²) < 4.78 is 26.7. The first-order chi connectivity index (χ1) is 33.6. The van der Waals surface area contributed by atoms with Crippen molar-refractivity contribution in [2.75, 3.05) is 32.8 Å². The molecule has 3 atom stereocenters. The Morgan fingerprint density at radius 3 is 2.54 bits per heavy atom. The zero-order valence-electron chi connectivity index (χ0n) is 40.4. The lowest BCUT2D eigenvalue weighted by Gasteiger charge is -2.35. The lowest BCUT2D eigenvalue weighted by molar-refractivity contribution is -0.454. The summed E-state index contributed by atoms with van der Waals surface area (Å²) in [5, 5.41) is 17.0. The molecule has 2 aliphatic heterocycles. The first kappa shape index (κ1) is 48.4. The number of amides is 3. The van der Waals surface area contributed by atoms with Crippen molar-refractivity contribution in [3.05, 3.63) is 91.8 Å². The number of aromatic nitrogens is 4. The van der Waals surface area contributed by atoms with Gasteiger partial charge in [0.25, 0.3) is 5.91 Å².